The van der Waals surface area contributed by atoms with Crippen LogP contribution in [0.2, 0.25) is 18.1 Å². The van der Waals surface area contributed by atoms with Gasteiger partial charge in [0.05, 0.1) is 6.61 Å². The molecule has 1 aliphatic carbocycles. The highest BCUT2D eigenvalue weighted by Gasteiger charge is 2.52. The van der Waals surface area contributed by atoms with Gasteiger partial charge in [0.25, 0.3) is 0 Å². The van der Waals surface area contributed by atoms with Crippen LogP contribution < -0.4 is 0 Å². The van der Waals surface area contributed by atoms with E-state index in [2.05, 4.69) is 61.9 Å². The van der Waals surface area contributed by atoms with Crippen LogP contribution in [0.4, 0.5) is 4.79 Å². The van der Waals surface area contributed by atoms with E-state index in [1.54, 1.807) is 0 Å². The first-order valence-corrected chi connectivity index (χ1v) is 12.6. The lowest BCUT2D eigenvalue weighted by molar-refractivity contribution is 0.130. The Morgan fingerprint density at radius 3 is 2.76 bits per heavy atom. The van der Waals surface area contributed by atoms with Crippen LogP contribution in [0.5, 0.6) is 0 Å². The summed E-state index contributed by atoms with van der Waals surface area (Å²) in [7, 11) is -1.82. The highest BCUT2D eigenvalue weighted by molar-refractivity contribution is 9.10. The molecule has 1 aromatic carbocycles. The summed E-state index contributed by atoms with van der Waals surface area (Å²) in [6.07, 6.45) is 1.66. The molecular weight excluding hydrogens is 398 g/mol. The minimum atomic E-state index is -1.82. The molecule has 0 radical (unpaired) electrons. The Morgan fingerprint density at radius 2 is 2.08 bits per heavy atom. The fraction of sp³-hybridized carbons (Fsp3) is 0.632. The number of hydrogen-bond donors (Lipinski definition) is 0. The molecule has 1 heterocycles. The number of hydrogen-bond acceptors (Lipinski definition) is 3. The second-order valence-electron chi connectivity index (χ2n) is 8.61. The van der Waals surface area contributed by atoms with Crippen molar-refractivity contribution < 1.29 is 14.0 Å². The molecule has 1 aliphatic heterocycles. The van der Waals surface area contributed by atoms with Gasteiger partial charge in [-0.3, -0.25) is 4.90 Å². The summed E-state index contributed by atoms with van der Waals surface area (Å²) < 4.78 is 12.9. The van der Waals surface area contributed by atoms with E-state index in [0.29, 0.717) is 19.8 Å². The summed E-state index contributed by atoms with van der Waals surface area (Å²) in [5, 5.41) is 0.168. The third-order valence-electron chi connectivity index (χ3n) is 6.16. The van der Waals surface area contributed by atoms with Crippen LogP contribution in [0.25, 0.3) is 0 Å². The molecule has 2 aliphatic rings. The summed E-state index contributed by atoms with van der Waals surface area (Å²) in [5.41, 5.74) is 2.20. The zero-order valence-corrected chi connectivity index (χ0v) is 18.4. The van der Waals surface area contributed by atoms with Crippen LogP contribution in [0.15, 0.2) is 22.7 Å². The number of carbonyl (C=O) groups is 1. The van der Waals surface area contributed by atoms with E-state index in [-0.39, 0.29) is 16.7 Å². The van der Waals surface area contributed by atoms with E-state index in [1.807, 2.05) is 11.0 Å². The number of nitrogens with zero attached hydrogens (tertiary/aromatic N) is 1. The Hall–Kier alpha value is -0.853. The van der Waals surface area contributed by atoms with Crippen LogP contribution in [0, 0.1) is 0 Å². The minimum Gasteiger partial charge on any atom is -0.447 e. The topological polar surface area (TPSA) is 38.8 Å². The van der Waals surface area contributed by atoms with Crippen LogP contribution in [0.1, 0.15) is 38.3 Å². The first-order chi connectivity index (χ1) is 11.6. The molecule has 0 aromatic heterocycles. The number of halogens is 1. The van der Waals surface area contributed by atoms with Crippen LogP contribution >= 0.6 is 15.9 Å². The number of fused-ring (bicyclic) bond motifs is 2. The largest absolute Gasteiger partial charge is 0.447 e. The zero-order chi connectivity index (χ0) is 18.5. The molecule has 6 heteroatoms. The summed E-state index contributed by atoms with van der Waals surface area (Å²) in [5.74, 6) is 0. The average Bonchev–Trinajstić information content (AvgIpc) is 3.03. The number of amides is 1. The lowest BCUT2D eigenvalue weighted by atomic mass is 9.91. The first kappa shape index (κ1) is 18.9. The molecule has 0 N–H and O–H groups in total. The van der Waals surface area contributed by atoms with Gasteiger partial charge >= 0.3 is 6.09 Å². The van der Waals surface area contributed by atoms with Crippen LogP contribution in [-0.2, 0) is 21.1 Å². The maximum atomic E-state index is 12.4. The van der Waals surface area contributed by atoms with Gasteiger partial charge in [0, 0.05) is 11.0 Å². The number of ether oxygens (including phenoxy) is 1. The van der Waals surface area contributed by atoms with E-state index >= 15 is 0 Å². The summed E-state index contributed by atoms with van der Waals surface area (Å²) in [6.45, 7) is 12.8. The van der Waals surface area contributed by atoms with Crippen molar-refractivity contribution in [2.24, 2.45) is 0 Å². The molecular formula is C19H28BrNO3Si. The Labute approximate surface area is 160 Å². The van der Waals surface area contributed by atoms with Crippen molar-refractivity contribution in [2.45, 2.75) is 57.3 Å². The molecule has 1 unspecified atom stereocenters. The number of cyclic esters (lactones) is 1. The van der Waals surface area contributed by atoms with E-state index in [1.165, 1.54) is 11.1 Å². The molecule has 0 saturated carbocycles. The minimum absolute atomic E-state index is 0.168. The van der Waals surface area contributed by atoms with Gasteiger partial charge in [-0.05, 0) is 48.2 Å². The Balaban J connectivity index is 1.78. The molecule has 3 rings (SSSR count). The van der Waals surface area contributed by atoms with Crippen molar-refractivity contribution in [3.05, 3.63) is 33.8 Å². The summed E-state index contributed by atoms with van der Waals surface area (Å²) >= 11 is 3.65. The predicted molar refractivity (Wildman–Crippen MR) is 105 cm³/mol. The monoisotopic (exact) mass is 425 g/mol. The van der Waals surface area contributed by atoms with Crippen molar-refractivity contribution in [2.75, 3.05) is 19.8 Å². The molecule has 1 spiro atoms. The molecule has 0 bridgehead atoms. The molecule has 138 valence electrons. The van der Waals surface area contributed by atoms with Crippen LogP contribution in [-0.4, -0.2) is 39.1 Å². The lowest BCUT2D eigenvalue weighted by Gasteiger charge is -2.38. The van der Waals surface area contributed by atoms with Crippen molar-refractivity contribution in [1.29, 1.82) is 0 Å². The van der Waals surface area contributed by atoms with Gasteiger partial charge in [0.2, 0.25) is 0 Å². The molecule has 25 heavy (non-hydrogen) atoms. The van der Waals surface area contributed by atoms with Gasteiger partial charge in [-0.25, -0.2) is 4.79 Å². The molecule has 1 aromatic rings. The second-order valence-corrected chi connectivity index (χ2v) is 14.3. The Kier molecular flexibility index (Phi) is 4.84. The quantitative estimate of drug-likeness (QED) is 0.632. The van der Waals surface area contributed by atoms with E-state index in [4.69, 9.17) is 9.16 Å². The number of benzene rings is 1. The Bertz CT molecular complexity index is 686. The second kappa shape index (κ2) is 6.39. The number of rotatable bonds is 4. The smallest absolute Gasteiger partial charge is 0.410 e. The summed E-state index contributed by atoms with van der Waals surface area (Å²) in [4.78, 5) is 14.3. The van der Waals surface area contributed by atoms with Gasteiger partial charge in [0.15, 0.2) is 8.32 Å². The third kappa shape index (κ3) is 3.17. The van der Waals surface area contributed by atoms with Crippen LogP contribution in [0.3, 0.4) is 0 Å². The first-order valence-electron chi connectivity index (χ1n) is 8.95. The predicted octanol–water partition coefficient (Wildman–Crippen LogP) is 5.06. The Morgan fingerprint density at radius 1 is 1.36 bits per heavy atom. The lowest BCUT2D eigenvalue weighted by Crippen LogP contribution is -2.47. The van der Waals surface area contributed by atoms with Gasteiger partial charge in [-0.2, -0.15) is 0 Å². The molecule has 1 fully saturated rings. The third-order valence-corrected chi connectivity index (χ3v) is 11.4. The molecule has 1 saturated heterocycles. The van der Waals surface area contributed by atoms with E-state index < -0.39 is 8.32 Å². The fourth-order valence-corrected chi connectivity index (χ4v) is 5.17. The van der Waals surface area contributed by atoms with E-state index in [9.17, 15) is 4.79 Å². The van der Waals surface area contributed by atoms with E-state index in [0.717, 1.165) is 17.3 Å². The number of carbonyl (C=O) groups excluding carboxylic acids is 1. The van der Waals surface area contributed by atoms with Crippen molar-refractivity contribution in [3.8, 4) is 0 Å². The molecule has 1 amide bonds. The standard InChI is InChI=1S/C19H28BrNO3Si/c1-18(2,3)25(4,5)24-12-11-21-17(22)23-13-19(21)10-9-14-15(19)7-6-8-16(14)20/h6-8H,9-13H2,1-5H3. The SMILES string of the molecule is CC(C)(C)[Si](C)(C)OCCN1C(=O)OCC12CCc1c(Br)cccc12. The van der Waals surface area contributed by atoms with Crippen molar-refractivity contribution >= 4 is 30.3 Å². The zero-order valence-electron chi connectivity index (χ0n) is 15.8. The average molecular weight is 426 g/mol. The van der Waals surface area contributed by atoms with Crippen molar-refractivity contribution in [3.63, 3.8) is 0 Å². The van der Waals surface area contributed by atoms with Gasteiger partial charge in [0.1, 0.15) is 12.1 Å². The normalized spacial score (nSPS) is 23.3. The maximum absolute atomic E-state index is 12.4. The van der Waals surface area contributed by atoms with Gasteiger partial charge in [-0.1, -0.05) is 48.8 Å². The van der Waals surface area contributed by atoms with Gasteiger partial charge in [-0.15, -0.1) is 0 Å². The fourth-order valence-electron chi connectivity index (χ4n) is 3.57. The highest BCUT2D eigenvalue weighted by atomic mass is 79.9. The van der Waals surface area contributed by atoms with Gasteiger partial charge < -0.3 is 9.16 Å². The highest BCUT2D eigenvalue weighted by Crippen LogP contribution is 2.47. The summed E-state index contributed by atoms with van der Waals surface area (Å²) in [6, 6.07) is 6.25. The molecule has 1 atom stereocenters. The maximum Gasteiger partial charge on any atom is 0.410 e. The molecule has 4 nitrogen and oxygen atoms in total. The van der Waals surface area contributed by atoms with Crippen molar-refractivity contribution in [1.82, 2.24) is 4.90 Å².